The van der Waals surface area contributed by atoms with E-state index >= 15 is 0 Å². The molecule has 1 fully saturated rings. The number of hydrogen-bond acceptors (Lipinski definition) is 4. The van der Waals surface area contributed by atoms with E-state index in [0.29, 0.717) is 35.6 Å². The number of carbonyl (C=O) groups excluding carboxylic acids is 1. The van der Waals surface area contributed by atoms with Crippen molar-refractivity contribution < 1.29 is 23.0 Å². The monoisotopic (exact) mass is 412 g/mol. The predicted octanol–water partition coefficient (Wildman–Crippen LogP) is 3.28. The van der Waals surface area contributed by atoms with E-state index in [4.69, 9.17) is 9.47 Å². The molecule has 0 saturated carbocycles. The quantitative estimate of drug-likeness (QED) is 0.791. The number of amides is 1. The average molecular weight is 413 g/mol. The molecule has 1 heterocycles. The van der Waals surface area contributed by atoms with Gasteiger partial charge in [0.05, 0.1) is 14.2 Å². The lowest BCUT2D eigenvalue weighted by Gasteiger charge is -2.33. The smallest absolute Gasteiger partial charge is 0.251 e. The van der Waals surface area contributed by atoms with Gasteiger partial charge in [-0.25, -0.2) is 8.78 Å². The molecule has 28 heavy (non-hydrogen) atoms. The van der Waals surface area contributed by atoms with E-state index < -0.39 is 11.6 Å². The second kappa shape index (κ2) is 9.71. The summed E-state index contributed by atoms with van der Waals surface area (Å²) < 4.78 is 37.3. The fraction of sp³-hybridized carbons (Fsp3) is 0.350. The van der Waals surface area contributed by atoms with Crippen molar-refractivity contribution in [2.45, 2.75) is 18.4 Å². The van der Waals surface area contributed by atoms with E-state index in [1.807, 2.05) is 0 Å². The summed E-state index contributed by atoms with van der Waals surface area (Å²) in [6, 6.07) is 8.59. The molecule has 2 aromatic rings. The van der Waals surface area contributed by atoms with Crippen molar-refractivity contribution >= 4 is 18.3 Å². The minimum absolute atomic E-state index is 0. The van der Waals surface area contributed by atoms with Gasteiger partial charge in [-0.15, -0.1) is 12.4 Å². The van der Waals surface area contributed by atoms with Crippen molar-refractivity contribution in [2.24, 2.45) is 0 Å². The van der Waals surface area contributed by atoms with E-state index in [9.17, 15) is 13.6 Å². The van der Waals surface area contributed by atoms with Crippen molar-refractivity contribution in [2.75, 3.05) is 27.3 Å². The van der Waals surface area contributed by atoms with Crippen LogP contribution in [0.3, 0.4) is 0 Å². The molecular formula is C20H23ClF2N2O3. The number of hydrogen-bond donors (Lipinski definition) is 2. The maximum Gasteiger partial charge on any atom is 0.251 e. The zero-order valence-corrected chi connectivity index (χ0v) is 16.4. The van der Waals surface area contributed by atoms with Crippen molar-refractivity contribution in [3.63, 3.8) is 0 Å². The van der Waals surface area contributed by atoms with Gasteiger partial charge in [-0.05, 0) is 48.9 Å². The Morgan fingerprint density at radius 2 is 1.82 bits per heavy atom. The SMILES string of the molecule is COc1ccc(C(=O)NC2CNCCC2c2ccc(F)c(F)c2)cc1OC.Cl. The molecule has 1 aliphatic heterocycles. The van der Waals surface area contributed by atoms with E-state index in [1.165, 1.54) is 20.3 Å². The van der Waals surface area contributed by atoms with Gasteiger partial charge in [0.25, 0.3) is 5.91 Å². The molecule has 2 aromatic carbocycles. The summed E-state index contributed by atoms with van der Waals surface area (Å²) in [5.74, 6) is -1.13. The van der Waals surface area contributed by atoms with Crippen molar-refractivity contribution in [3.05, 3.63) is 59.2 Å². The molecule has 2 atom stereocenters. The number of carbonyl (C=O) groups is 1. The van der Waals surface area contributed by atoms with Gasteiger partial charge in [0.2, 0.25) is 0 Å². The molecule has 2 unspecified atom stereocenters. The lowest BCUT2D eigenvalue weighted by atomic mass is 9.85. The molecule has 1 saturated heterocycles. The number of benzene rings is 2. The zero-order valence-electron chi connectivity index (χ0n) is 15.6. The summed E-state index contributed by atoms with van der Waals surface area (Å²) in [5.41, 5.74) is 1.11. The highest BCUT2D eigenvalue weighted by atomic mass is 35.5. The minimum Gasteiger partial charge on any atom is -0.493 e. The van der Waals surface area contributed by atoms with Crippen LogP contribution in [0.2, 0.25) is 0 Å². The van der Waals surface area contributed by atoms with Crippen LogP contribution in [0.4, 0.5) is 8.78 Å². The third kappa shape index (κ3) is 4.72. The Morgan fingerprint density at radius 3 is 2.50 bits per heavy atom. The van der Waals surface area contributed by atoms with E-state index in [-0.39, 0.29) is 30.3 Å². The van der Waals surface area contributed by atoms with Crippen LogP contribution in [0.1, 0.15) is 28.3 Å². The number of halogens is 3. The van der Waals surface area contributed by atoms with Gasteiger partial charge in [-0.3, -0.25) is 4.79 Å². The highest BCUT2D eigenvalue weighted by molar-refractivity contribution is 5.95. The molecule has 1 aliphatic rings. The zero-order chi connectivity index (χ0) is 19.4. The third-order valence-electron chi connectivity index (χ3n) is 4.82. The number of methoxy groups -OCH3 is 2. The summed E-state index contributed by atoms with van der Waals surface area (Å²) >= 11 is 0. The Morgan fingerprint density at radius 1 is 1.07 bits per heavy atom. The number of piperidine rings is 1. The van der Waals surface area contributed by atoms with Crippen molar-refractivity contribution in [3.8, 4) is 11.5 Å². The standard InChI is InChI=1S/C20H22F2N2O3.ClH/c1-26-18-6-4-13(10-19(18)27-2)20(25)24-17-11-23-8-7-14(17)12-3-5-15(21)16(22)9-12;/h3-6,9-10,14,17,23H,7-8,11H2,1-2H3,(H,24,25);1H. The maximum atomic E-state index is 13.6. The fourth-order valence-corrected chi connectivity index (χ4v) is 3.38. The van der Waals surface area contributed by atoms with Crippen LogP contribution < -0.4 is 20.1 Å². The molecule has 1 amide bonds. The first-order valence-electron chi connectivity index (χ1n) is 8.72. The molecular weight excluding hydrogens is 390 g/mol. The van der Waals surface area contributed by atoms with Crippen LogP contribution in [0.15, 0.2) is 36.4 Å². The third-order valence-corrected chi connectivity index (χ3v) is 4.82. The summed E-state index contributed by atoms with van der Waals surface area (Å²) in [7, 11) is 3.03. The molecule has 8 heteroatoms. The lowest BCUT2D eigenvalue weighted by molar-refractivity contribution is 0.0924. The second-order valence-corrected chi connectivity index (χ2v) is 6.42. The summed E-state index contributed by atoms with van der Waals surface area (Å²) in [6.07, 6.45) is 0.710. The van der Waals surface area contributed by atoms with Crippen LogP contribution in [0.25, 0.3) is 0 Å². The lowest BCUT2D eigenvalue weighted by Crippen LogP contribution is -2.50. The largest absolute Gasteiger partial charge is 0.493 e. The summed E-state index contributed by atoms with van der Waals surface area (Å²) in [5, 5.41) is 6.22. The first-order chi connectivity index (χ1) is 13.0. The highest BCUT2D eigenvalue weighted by Gasteiger charge is 2.29. The summed E-state index contributed by atoms with van der Waals surface area (Å²) in [6.45, 7) is 1.29. The van der Waals surface area contributed by atoms with E-state index in [2.05, 4.69) is 10.6 Å². The molecule has 2 N–H and O–H groups in total. The number of ether oxygens (including phenoxy) is 2. The Labute approximate surface area is 168 Å². The van der Waals surface area contributed by atoms with Gasteiger partial charge >= 0.3 is 0 Å². The number of rotatable bonds is 5. The maximum absolute atomic E-state index is 13.6. The minimum atomic E-state index is -0.879. The average Bonchev–Trinajstić information content (AvgIpc) is 2.70. The predicted molar refractivity (Wildman–Crippen MR) is 105 cm³/mol. The topological polar surface area (TPSA) is 59.6 Å². The summed E-state index contributed by atoms with van der Waals surface area (Å²) in [4.78, 5) is 12.7. The first kappa shape index (κ1) is 21.9. The molecule has 5 nitrogen and oxygen atoms in total. The van der Waals surface area contributed by atoms with Gasteiger partial charge in [0.1, 0.15) is 0 Å². The Bertz CT molecular complexity index is 835. The molecule has 0 bridgehead atoms. The van der Waals surface area contributed by atoms with Crippen LogP contribution >= 0.6 is 12.4 Å². The molecule has 0 aromatic heterocycles. The van der Waals surface area contributed by atoms with E-state index in [1.54, 1.807) is 24.3 Å². The molecule has 0 spiro atoms. The van der Waals surface area contributed by atoms with Gasteiger partial charge in [0.15, 0.2) is 23.1 Å². The van der Waals surface area contributed by atoms with Crippen LogP contribution in [0.5, 0.6) is 11.5 Å². The molecule has 0 radical (unpaired) electrons. The first-order valence-corrected chi connectivity index (χ1v) is 8.72. The van der Waals surface area contributed by atoms with Gasteiger partial charge < -0.3 is 20.1 Å². The fourth-order valence-electron chi connectivity index (χ4n) is 3.38. The van der Waals surface area contributed by atoms with Crippen molar-refractivity contribution in [1.29, 1.82) is 0 Å². The second-order valence-electron chi connectivity index (χ2n) is 6.42. The van der Waals surface area contributed by atoms with Gasteiger partial charge in [-0.1, -0.05) is 6.07 Å². The van der Waals surface area contributed by atoms with Crippen LogP contribution in [-0.2, 0) is 0 Å². The number of nitrogens with one attached hydrogen (secondary N) is 2. The van der Waals surface area contributed by atoms with Gasteiger partial charge in [0, 0.05) is 24.1 Å². The Kier molecular flexibility index (Phi) is 7.60. The molecule has 0 aliphatic carbocycles. The van der Waals surface area contributed by atoms with Crippen LogP contribution in [-0.4, -0.2) is 39.3 Å². The van der Waals surface area contributed by atoms with Crippen molar-refractivity contribution in [1.82, 2.24) is 10.6 Å². The Hall–Kier alpha value is -2.38. The van der Waals surface area contributed by atoms with Gasteiger partial charge in [-0.2, -0.15) is 0 Å². The highest BCUT2D eigenvalue weighted by Crippen LogP contribution is 2.29. The van der Waals surface area contributed by atoms with Crippen LogP contribution in [0, 0.1) is 11.6 Å². The van der Waals surface area contributed by atoms with E-state index in [0.717, 1.165) is 12.6 Å². The Balaban J connectivity index is 0.00000280. The molecule has 152 valence electrons. The molecule has 3 rings (SSSR count). The normalized spacial score (nSPS) is 18.7.